The summed E-state index contributed by atoms with van der Waals surface area (Å²) in [4.78, 5) is 24.1. The monoisotopic (exact) mass is 402 g/mol. The first-order valence-corrected chi connectivity index (χ1v) is 9.09. The van der Waals surface area contributed by atoms with Gasteiger partial charge in [0.1, 0.15) is 0 Å². The van der Waals surface area contributed by atoms with Gasteiger partial charge in [0.15, 0.2) is 0 Å². The van der Waals surface area contributed by atoms with Crippen LogP contribution in [0.2, 0.25) is 0 Å². The van der Waals surface area contributed by atoms with E-state index in [9.17, 15) is 9.59 Å². The van der Waals surface area contributed by atoms with Gasteiger partial charge in [-0.05, 0) is 42.2 Å². The molecule has 0 saturated carbocycles. The van der Waals surface area contributed by atoms with E-state index in [1.54, 1.807) is 18.2 Å². The Hall–Kier alpha value is -2.14. The van der Waals surface area contributed by atoms with Crippen molar-refractivity contribution in [2.75, 3.05) is 6.54 Å². The number of hydrogen-bond donors (Lipinski definition) is 2. The van der Waals surface area contributed by atoms with Gasteiger partial charge in [-0.15, -0.1) is 0 Å². The number of amides is 2. The van der Waals surface area contributed by atoms with Crippen LogP contribution in [-0.2, 0) is 4.79 Å². The number of nitrogens with one attached hydrogen (secondary N) is 2. The molecule has 2 aromatic carbocycles. The number of halogens is 1. The Morgan fingerprint density at radius 2 is 1.64 bits per heavy atom. The molecule has 0 spiro atoms. The third-order valence-electron chi connectivity index (χ3n) is 3.98. The van der Waals surface area contributed by atoms with E-state index < -0.39 is 0 Å². The van der Waals surface area contributed by atoms with Crippen LogP contribution >= 0.6 is 15.9 Å². The van der Waals surface area contributed by atoms with Gasteiger partial charge in [-0.25, -0.2) is 0 Å². The second-order valence-corrected chi connectivity index (χ2v) is 7.22. The van der Waals surface area contributed by atoms with Gasteiger partial charge in [0.05, 0.1) is 12.6 Å². The fourth-order valence-electron chi connectivity index (χ4n) is 2.44. The molecule has 0 saturated heterocycles. The number of carbonyl (C=O) groups excluding carboxylic acids is 2. The molecule has 2 N–H and O–H groups in total. The first-order valence-electron chi connectivity index (χ1n) is 8.30. The summed E-state index contributed by atoms with van der Waals surface area (Å²) in [5.41, 5.74) is 2.82. The molecule has 0 fully saturated rings. The van der Waals surface area contributed by atoms with E-state index in [-0.39, 0.29) is 24.4 Å². The molecule has 4 nitrogen and oxygen atoms in total. The highest BCUT2D eigenvalue weighted by Gasteiger charge is 2.12. The van der Waals surface area contributed by atoms with E-state index >= 15 is 0 Å². The summed E-state index contributed by atoms with van der Waals surface area (Å²) < 4.78 is 0.822. The Morgan fingerprint density at radius 1 is 1.00 bits per heavy atom. The van der Waals surface area contributed by atoms with Crippen molar-refractivity contribution in [3.05, 3.63) is 69.7 Å². The van der Waals surface area contributed by atoms with Crippen molar-refractivity contribution in [2.24, 2.45) is 0 Å². The predicted octanol–water partition coefficient (Wildman–Crippen LogP) is 4.18. The Labute approximate surface area is 157 Å². The van der Waals surface area contributed by atoms with Crippen LogP contribution in [0.4, 0.5) is 0 Å². The van der Waals surface area contributed by atoms with E-state index in [1.807, 2.05) is 25.1 Å². The zero-order valence-corrected chi connectivity index (χ0v) is 16.3. The summed E-state index contributed by atoms with van der Waals surface area (Å²) in [6.07, 6.45) is 0. The minimum Gasteiger partial charge on any atom is -0.348 e. The molecule has 0 radical (unpaired) electrons. The van der Waals surface area contributed by atoms with Gasteiger partial charge >= 0.3 is 0 Å². The van der Waals surface area contributed by atoms with Crippen molar-refractivity contribution in [3.8, 4) is 0 Å². The molecule has 2 rings (SSSR count). The minimum absolute atomic E-state index is 0.0558. The Bertz CT molecular complexity index is 742. The maximum atomic E-state index is 12.1. The molecular formula is C20H23BrN2O2. The Morgan fingerprint density at radius 3 is 2.24 bits per heavy atom. The van der Waals surface area contributed by atoms with Gasteiger partial charge in [0.2, 0.25) is 5.91 Å². The molecule has 0 heterocycles. The van der Waals surface area contributed by atoms with E-state index in [0.29, 0.717) is 11.5 Å². The van der Waals surface area contributed by atoms with E-state index in [4.69, 9.17) is 0 Å². The number of rotatable bonds is 6. The highest BCUT2D eigenvalue weighted by molar-refractivity contribution is 9.10. The molecule has 5 heteroatoms. The van der Waals surface area contributed by atoms with Crippen LogP contribution < -0.4 is 10.6 Å². The molecule has 0 aromatic heterocycles. The summed E-state index contributed by atoms with van der Waals surface area (Å²) in [7, 11) is 0. The van der Waals surface area contributed by atoms with Crippen LogP contribution in [0.25, 0.3) is 0 Å². The second kappa shape index (κ2) is 8.81. The highest BCUT2D eigenvalue weighted by atomic mass is 79.9. The van der Waals surface area contributed by atoms with Crippen LogP contribution in [0.15, 0.2) is 53.0 Å². The van der Waals surface area contributed by atoms with E-state index in [1.165, 1.54) is 5.56 Å². The number of carbonyl (C=O) groups is 2. The Balaban J connectivity index is 1.86. The molecule has 0 aliphatic heterocycles. The predicted molar refractivity (Wildman–Crippen MR) is 104 cm³/mol. The van der Waals surface area contributed by atoms with Crippen LogP contribution in [0.5, 0.6) is 0 Å². The number of benzene rings is 2. The van der Waals surface area contributed by atoms with Gasteiger partial charge in [-0.3, -0.25) is 9.59 Å². The summed E-state index contributed by atoms with van der Waals surface area (Å²) in [6.45, 7) is 6.17. The lowest BCUT2D eigenvalue weighted by molar-refractivity contribution is -0.120. The second-order valence-electron chi connectivity index (χ2n) is 6.30. The molecule has 0 bridgehead atoms. The van der Waals surface area contributed by atoms with Crippen molar-refractivity contribution >= 4 is 27.7 Å². The normalized spacial score (nSPS) is 11.9. The maximum absolute atomic E-state index is 12.1. The molecular weight excluding hydrogens is 380 g/mol. The highest BCUT2D eigenvalue weighted by Crippen LogP contribution is 2.18. The summed E-state index contributed by atoms with van der Waals surface area (Å²) in [6, 6.07) is 15.1. The topological polar surface area (TPSA) is 58.2 Å². The molecule has 2 amide bonds. The molecule has 25 heavy (non-hydrogen) atoms. The lowest BCUT2D eigenvalue weighted by Crippen LogP contribution is -2.38. The van der Waals surface area contributed by atoms with Gasteiger partial charge in [-0.1, -0.05) is 60.1 Å². The summed E-state index contributed by atoms with van der Waals surface area (Å²) in [5.74, 6) is -0.0126. The van der Waals surface area contributed by atoms with Crippen molar-refractivity contribution in [1.29, 1.82) is 0 Å². The maximum Gasteiger partial charge on any atom is 0.251 e. The van der Waals surface area contributed by atoms with Gasteiger partial charge in [0.25, 0.3) is 5.91 Å². The SMILES string of the molecule is CC(C)c1ccc(C(C)NC(=O)CNC(=O)c2cccc(Br)c2)cc1. The lowest BCUT2D eigenvalue weighted by atomic mass is 9.99. The smallest absolute Gasteiger partial charge is 0.251 e. The zero-order valence-electron chi connectivity index (χ0n) is 14.7. The van der Waals surface area contributed by atoms with Crippen molar-refractivity contribution in [3.63, 3.8) is 0 Å². The first kappa shape index (κ1) is 19.2. The molecule has 1 unspecified atom stereocenters. The zero-order chi connectivity index (χ0) is 18.4. The molecule has 132 valence electrons. The van der Waals surface area contributed by atoms with Crippen LogP contribution in [-0.4, -0.2) is 18.4 Å². The molecule has 0 aliphatic carbocycles. The van der Waals surface area contributed by atoms with Crippen LogP contribution in [0, 0.1) is 0 Å². The van der Waals surface area contributed by atoms with Gasteiger partial charge in [0, 0.05) is 10.0 Å². The largest absolute Gasteiger partial charge is 0.348 e. The van der Waals surface area contributed by atoms with E-state index in [0.717, 1.165) is 10.0 Å². The fraction of sp³-hybridized carbons (Fsp3) is 0.300. The average molecular weight is 403 g/mol. The van der Waals surface area contributed by atoms with Gasteiger partial charge < -0.3 is 10.6 Å². The third kappa shape index (κ3) is 5.71. The van der Waals surface area contributed by atoms with E-state index in [2.05, 4.69) is 52.5 Å². The first-order chi connectivity index (χ1) is 11.9. The van der Waals surface area contributed by atoms with Crippen molar-refractivity contribution in [2.45, 2.75) is 32.7 Å². The van der Waals surface area contributed by atoms with Crippen molar-refractivity contribution < 1.29 is 9.59 Å². The number of hydrogen-bond acceptors (Lipinski definition) is 2. The quantitative estimate of drug-likeness (QED) is 0.760. The Kier molecular flexibility index (Phi) is 6.76. The summed E-state index contributed by atoms with van der Waals surface area (Å²) in [5, 5.41) is 5.54. The molecule has 1 atom stereocenters. The standard InChI is InChI=1S/C20H23BrN2O2/c1-13(2)15-7-9-16(10-8-15)14(3)23-19(24)12-22-20(25)17-5-4-6-18(21)11-17/h4-11,13-14H,12H2,1-3H3,(H,22,25)(H,23,24). The summed E-state index contributed by atoms with van der Waals surface area (Å²) >= 11 is 3.32. The van der Waals surface area contributed by atoms with Crippen LogP contribution in [0.1, 0.15) is 54.2 Å². The molecule has 2 aromatic rings. The van der Waals surface area contributed by atoms with Gasteiger partial charge in [-0.2, -0.15) is 0 Å². The van der Waals surface area contributed by atoms with Crippen molar-refractivity contribution in [1.82, 2.24) is 10.6 Å². The fourth-order valence-corrected chi connectivity index (χ4v) is 2.84. The minimum atomic E-state index is -0.273. The lowest BCUT2D eigenvalue weighted by Gasteiger charge is -2.16. The third-order valence-corrected chi connectivity index (χ3v) is 4.47. The molecule has 0 aliphatic rings. The van der Waals surface area contributed by atoms with Crippen LogP contribution in [0.3, 0.4) is 0 Å². The average Bonchev–Trinajstić information content (AvgIpc) is 2.59.